The number of carboxylic acids is 1. The first-order chi connectivity index (χ1) is 14.0. The number of hydrogen-bond donors (Lipinski definition) is 1. The molecular formula is C19H13F5N2O3S. The number of benzene rings is 2. The molecule has 0 radical (unpaired) electrons. The first-order valence-electron chi connectivity index (χ1n) is 8.52. The van der Waals surface area contributed by atoms with E-state index in [0.717, 1.165) is 34.9 Å². The third kappa shape index (κ3) is 3.97. The topological polar surface area (TPSA) is 71.7 Å². The van der Waals surface area contributed by atoms with E-state index in [-0.39, 0.29) is 27.0 Å². The molecule has 1 amide bonds. The van der Waals surface area contributed by atoms with Crippen LogP contribution in [0.3, 0.4) is 0 Å². The largest absolute Gasteiger partial charge is 0.480 e. The standard InChI is InChI=1S/C19H13F5N2O3S/c1-2-12(17(28)29)26-13-7-6-11(20)14(21)15(13)30-18(26)25-16(27)9-4-3-5-10(8-9)19(22,23)24/h3-8,12H,2H2,1H3,(H,28,29). The molecule has 0 spiro atoms. The van der Waals surface area contributed by atoms with Crippen LogP contribution in [0.5, 0.6) is 0 Å². The number of aliphatic carboxylic acids is 1. The molecule has 158 valence electrons. The summed E-state index contributed by atoms with van der Waals surface area (Å²) in [6, 6.07) is 4.26. The molecule has 5 nitrogen and oxygen atoms in total. The lowest BCUT2D eigenvalue weighted by atomic mass is 10.1. The van der Waals surface area contributed by atoms with Crippen molar-refractivity contribution in [3.63, 3.8) is 0 Å². The van der Waals surface area contributed by atoms with Gasteiger partial charge in [0.2, 0.25) is 0 Å². The van der Waals surface area contributed by atoms with Crippen LogP contribution in [0.1, 0.15) is 35.3 Å². The highest BCUT2D eigenvalue weighted by Crippen LogP contribution is 2.30. The molecule has 0 saturated carbocycles. The average molecular weight is 444 g/mol. The van der Waals surface area contributed by atoms with Gasteiger partial charge >= 0.3 is 12.1 Å². The van der Waals surface area contributed by atoms with Crippen molar-refractivity contribution in [2.24, 2.45) is 4.99 Å². The fourth-order valence-corrected chi connectivity index (χ4v) is 3.97. The number of carboxylic acid groups (broad SMARTS) is 1. The molecule has 0 bridgehead atoms. The Labute approximate surface area is 169 Å². The molecule has 3 rings (SSSR count). The summed E-state index contributed by atoms with van der Waals surface area (Å²) in [5.41, 5.74) is -1.44. The Morgan fingerprint density at radius 1 is 1.20 bits per heavy atom. The van der Waals surface area contributed by atoms with Gasteiger partial charge in [0, 0.05) is 5.56 Å². The smallest absolute Gasteiger partial charge is 0.416 e. The first kappa shape index (κ1) is 21.6. The molecule has 1 aromatic heterocycles. The average Bonchev–Trinajstić information content (AvgIpc) is 3.03. The van der Waals surface area contributed by atoms with Crippen LogP contribution >= 0.6 is 11.3 Å². The number of nitrogens with zero attached hydrogens (tertiary/aromatic N) is 2. The van der Waals surface area contributed by atoms with E-state index in [9.17, 15) is 36.6 Å². The Bertz CT molecular complexity index is 1210. The van der Waals surface area contributed by atoms with Gasteiger partial charge in [-0.05, 0) is 36.8 Å². The lowest BCUT2D eigenvalue weighted by molar-refractivity contribution is -0.141. The van der Waals surface area contributed by atoms with Gasteiger partial charge in [-0.25, -0.2) is 13.6 Å². The highest BCUT2D eigenvalue weighted by atomic mass is 32.1. The number of amides is 1. The van der Waals surface area contributed by atoms with Crippen molar-refractivity contribution in [2.45, 2.75) is 25.6 Å². The van der Waals surface area contributed by atoms with Crippen molar-refractivity contribution < 1.29 is 36.6 Å². The van der Waals surface area contributed by atoms with Gasteiger partial charge in [-0.2, -0.15) is 18.2 Å². The minimum absolute atomic E-state index is 0.00347. The Balaban J connectivity index is 2.24. The fraction of sp³-hybridized carbons (Fsp3) is 0.211. The van der Waals surface area contributed by atoms with Crippen molar-refractivity contribution >= 4 is 33.4 Å². The SMILES string of the molecule is CCC(C(=O)O)n1c(=NC(=O)c2cccc(C(F)(F)F)c2)sc2c(F)c(F)ccc21. The Morgan fingerprint density at radius 2 is 1.90 bits per heavy atom. The quantitative estimate of drug-likeness (QED) is 0.589. The number of alkyl halides is 3. The van der Waals surface area contributed by atoms with Crippen LogP contribution in [-0.4, -0.2) is 21.6 Å². The van der Waals surface area contributed by atoms with E-state index in [4.69, 9.17) is 0 Å². The zero-order valence-corrected chi connectivity index (χ0v) is 16.0. The zero-order chi connectivity index (χ0) is 22.2. The molecule has 0 saturated heterocycles. The summed E-state index contributed by atoms with van der Waals surface area (Å²) in [5.74, 6) is -4.79. The number of rotatable bonds is 4. The van der Waals surface area contributed by atoms with Crippen molar-refractivity contribution in [2.75, 3.05) is 0 Å². The first-order valence-corrected chi connectivity index (χ1v) is 9.34. The highest BCUT2D eigenvalue weighted by Gasteiger charge is 2.31. The van der Waals surface area contributed by atoms with Gasteiger partial charge in [-0.1, -0.05) is 24.3 Å². The van der Waals surface area contributed by atoms with Gasteiger partial charge in [0.1, 0.15) is 6.04 Å². The predicted octanol–water partition coefficient (Wildman–Crippen LogP) is 4.78. The van der Waals surface area contributed by atoms with Crippen LogP contribution in [0.2, 0.25) is 0 Å². The molecular weight excluding hydrogens is 431 g/mol. The number of aromatic nitrogens is 1. The molecule has 0 fully saturated rings. The number of halogens is 5. The molecule has 1 unspecified atom stereocenters. The van der Waals surface area contributed by atoms with Crippen LogP contribution in [0.15, 0.2) is 41.4 Å². The lowest BCUT2D eigenvalue weighted by Gasteiger charge is -2.13. The molecule has 30 heavy (non-hydrogen) atoms. The molecule has 0 aliphatic carbocycles. The monoisotopic (exact) mass is 444 g/mol. The normalized spacial score (nSPS) is 13.6. The summed E-state index contributed by atoms with van der Waals surface area (Å²) in [6.45, 7) is 1.54. The Hall–Kier alpha value is -3.08. The molecule has 0 aliphatic heterocycles. The minimum atomic E-state index is -4.68. The molecule has 1 heterocycles. The second-order valence-corrected chi connectivity index (χ2v) is 7.20. The van der Waals surface area contributed by atoms with E-state index in [1.807, 2.05) is 0 Å². The van der Waals surface area contributed by atoms with Gasteiger partial charge < -0.3 is 9.67 Å². The van der Waals surface area contributed by atoms with Crippen molar-refractivity contribution in [3.05, 3.63) is 64.0 Å². The van der Waals surface area contributed by atoms with Crippen molar-refractivity contribution in [1.29, 1.82) is 0 Å². The molecule has 2 aromatic carbocycles. The van der Waals surface area contributed by atoms with Crippen molar-refractivity contribution in [3.8, 4) is 0 Å². The van der Waals surface area contributed by atoms with Gasteiger partial charge in [0.05, 0.1) is 15.8 Å². The van der Waals surface area contributed by atoms with E-state index in [0.29, 0.717) is 17.4 Å². The third-order valence-corrected chi connectivity index (χ3v) is 5.37. The zero-order valence-electron chi connectivity index (χ0n) is 15.2. The second-order valence-electron chi connectivity index (χ2n) is 6.22. The van der Waals surface area contributed by atoms with Crippen LogP contribution in [-0.2, 0) is 11.0 Å². The molecule has 11 heteroatoms. The number of carbonyl (C=O) groups excluding carboxylic acids is 1. The maximum atomic E-state index is 14.2. The number of fused-ring (bicyclic) bond motifs is 1. The summed E-state index contributed by atoms with van der Waals surface area (Å²) >= 11 is 0.533. The van der Waals surface area contributed by atoms with Gasteiger partial charge in [0.25, 0.3) is 5.91 Å². The summed E-state index contributed by atoms with van der Waals surface area (Å²) in [6.07, 6.45) is -4.64. The van der Waals surface area contributed by atoms with E-state index in [1.54, 1.807) is 0 Å². The minimum Gasteiger partial charge on any atom is -0.480 e. The Kier molecular flexibility index (Phi) is 5.75. The Morgan fingerprint density at radius 3 is 2.50 bits per heavy atom. The fourth-order valence-electron chi connectivity index (χ4n) is 2.88. The van der Waals surface area contributed by atoms with Gasteiger partial charge in [-0.3, -0.25) is 4.79 Å². The van der Waals surface area contributed by atoms with Crippen molar-refractivity contribution in [1.82, 2.24) is 4.57 Å². The predicted molar refractivity (Wildman–Crippen MR) is 98.0 cm³/mol. The van der Waals surface area contributed by atoms with E-state index >= 15 is 0 Å². The second kappa shape index (κ2) is 7.98. The molecule has 1 atom stereocenters. The third-order valence-electron chi connectivity index (χ3n) is 4.31. The maximum absolute atomic E-state index is 14.2. The highest BCUT2D eigenvalue weighted by molar-refractivity contribution is 7.16. The number of hydrogen-bond acceptors (Lipinski definition) is 3. The molecule has 1 N–H and O–H groups in total. The van der Waals surface area contributed by atoms with E-state index in [1.165, 1.54) is 6.92 Å². The lowest BCUT2D eigenvalue weighted by Crippen LogP contribution is -2.27. The number of thiazole rings is 1. The van der Waals surface area contributed by atoms with Crippen LogP contribution in [0.4, 0.5) is 22.0 Å². The summed E-state index contributed by atoms with van der Waals surface area (Å²) in [4.78, 5) is 27.6. The van der Waals surface area contributed by atoms with E-state index < -0.39 is 41.3 Å². The van der Waals surface area contributed by atoms with Gasteiger partial charge in [-0.15, -0.1) is 0 Å². The van der Waals surface area contributed by atoms with Crippen LogP contribution in [0, 0.1) is 11.6 Å². The summed E-state index contributed by atoms with van der Waals surface area (Å²) in [7, 11) is 0. The number of carbonyl (C=O) groups is 2. The van der Waals surface area contributed by atoms with E-state index in [2.05, 4.69) is 4.99 Å². The molecule has 3 aromatic rings. The molecule has 0 aliphatic rings. The van der Waals surface area contributed by atoms with Gasteiger partial charge in [0.15, 0.2) is 16.4 Å². The van der Waals surface area contributed by atoms with Crippen LogP contribution in [0.25, 0.3) is 10.2 Å². The van der Waals surface area contributed by atoms with Crippen LogP contribution < -0.4 is 4.80 Å². The maximum Gasteiger partial charge on any atom is 0.416 e. The summed E-state index contributed by atoms with van der Waals surface area (Å²) < 4.78 is 67.3. The summed E-state index contributed by atoms with van der Waals surface area (Å²) in [5, 5.41) is 9.49.